The molecule has 0 aliphatic heterocycles. The molecule has 29 heavy (non-hydrogen) atoms. The number of primary amides is 1. The molecule has 1 aliphatic rings. The number of aromatic nitrogens is 2. The maximum Gasteiger partial charge on any atom is 0.252 e. The highest BCUT2D eigenvalue weighted by Crippen LogP contribution is 2.46. The van der Waals surface area contributed by atoms with Gasteiger partial charge < -0.3 is 16.8 Å². The van der Waals surface area contributed by atoms with Crippen LogP contribution in [0.15, 0.2) is 42.7 Å². The van der Waals surface area contributed by atoms with Crippen molar-refractivity contribution in [1.82, 2.24) is 9.61 Å². The van der Waals surface area contributed by atoms with Crippen molar-refractivity contribution in [3.8, 4) is 11.1 Å². The van der Waals surface area contributed by atoms with E-state index in [2.05, 4.69) is 31.2 Å². The fraction of sp³-hybridized carbons (Fsp3) is 0.364. The zero-order chi connectivity index (χ0) is 21.0. The van der Waals surface area contributed by atoms with Crippen molar-refractivity contribution in [3.05, 3.63) is 54.1 Å². The minimum absolute atomic E-state index is 0.0750. The first kappa shape index (κ1) is 19.4. The number of benzene rings is 1. The Morgan fingerprint density at radius 3 is 2.52 bits per heavy atom. The van der Waals surface area contributed by atoms with Crippen molar-refractivity contribution in [2.45, 2.75) is 45.2 Å². The summed E-state index contributed by atoms with van der Waals surface area (Å²) in [6.45, 7) is 6.35. The fourth-order valence-electron chi connectivity index (χ4n) is 4.15. The molecule has 0 spiro atoms. The van der Waals surface area contributed by atoms with Crippen LogP contribution in [0.4, 0.5) is 10.1 Å². The molecule has 5 N–H and O–H groups in total. The van der Waals surface area contributed by atoms with E-state index in [9.17, 15) is 9.18 Å². The Balaban J connectivity index is 1.82. The van der Waals surface area contributed by atoms with Crippen LogP contribution < -0.4 is 16.8 Å². The fourth-order valence-corrected chi connectivity index (χ4v) is 4.15. The van der Waals surface area contributed by atoms with Crippen molar-refractivity contribution in [2.24, 2.45) is 16.9 Å². The van der Waals surface area contributed by atoms with Gasteiger partial charge in [0.1, 0.15) is 5.82 Å². The van der Waals surface area contributed by atoms with Crippen molar-refractivity contribution < 1.29 is 9.18 Å². The molecule has 1 saturated carbocycles. The molecule has 0 radical (unpaired) electrons. The number of hydrogen-bond donors (Lipinski definition) is 3. The molecular formula is C22H26FN5O. The van der Waals surface area contributed by atoms with Crippen LogP contribution >= 0.6 is 0 Å². The molecule has 152 valence electrons. The Hall–Kier alpha value is -2.93. The quantitative estimate of drug-likeness (QED) is 0.629. The normalized spacial score (nSPS) is 23.4. The molecular weight excluding hydrogens is 369 g/mol. The first-order valence-corrected chi connectivity index (χ1v) is 9.73. The average molecular weight is 395 g/mol. The second-order valence-electron chi connectivity index (χ2n) is 8.74. The number of halogens is 1. The van der Waals surface area contributed by atoms with E-state index in [-0.39, 0.29) is 22.8 Å². The highest BCUT2D eigenvalue weighted by molar-refractivity contribution is 6.02. The van der Waals surface area contributed by atoms with Gasteiger partial charge in [0.25, 0.3) is 5.91 Å². The molecule has 0 bridgehead atoms. The van der Waals surface area contributed by atoms with Gasteiger partial charge in [0.05, 0.1) is 23.0 Å². The molecule has 1 amide bonds. The number of anilines is 1. The largest absolute Gasteiger partial charge is 0.379 e. The highest BCUT2D eigenvalue weighted by Gasteiger charge is 2.49. The summed E-state index contributed by atoms with van der Waals surface area (Å²) in [7, 11) is 0. The van der Waals surface area contributed by atoms with Crippen LogP contribution in [0.1, 0.15) is 44.0 Å². The van der Waals surface area contributed by atoms with Crippen LogP contribution in [-0.2, 0) is 0 Å². The predicted molar refractivity (Wildman–Crippen MR) is 112 cm³/mol. The van der Waals surface area contributed by atoms with Gasteiger partial charge in [-0.05, 0) is 43.5 Å². The average Bonchev–Trinajstić information content (AvgIpc) is 3.17. The first-order valence-electron chi connectivity index (χ1n) is 9.73. The van der Waals surface area contributed by atoms with Crippen molar-refractivity contribution >= 4 is 17.1 Å². The SMILES string of the molecule is CC1(C)[C@H](Nc2c(C(N)=O)cnn3cc(-c4ccc(F)cc4)cc23)CC[C@]1(C)N. The van der Waals surface area contributed by atoms with Crippen LogP contribution in [0, 0.1) is 11.2 Å². The number of nitrogens with one attached hydrogen (secondary N) is 1. The third kappa shape index (κ3) is 3.15. The third-order valence-corrected chi connectivity index (χ3v) is 6.69. The smallest absolute Gasteiger partial charge is 0.252 e. The molecule has 1 fully saturated rings. The van der Waals surface area contributed by atoms with E-state index >= 15 is 0 Å². The summed E-state index contributed by atoms with van der Waals surface area (Å²) >= 11 is 0. The lowest BCUT2D eigenvalue weighted by Crippen LogP contribution is -2.51. The number of carbonyl (C=O) groups excluding carboxylic acids is 1. The standard InChI is InChI=1S/C22H26FN5O/c1-21(2)18(8-9-22(21,3)25)27-19-16(20(24)29)11-26-28-12-14(10-17(19)28)13-4-6-15(23)7-5-13/h4-7,10-12,18,27H,8-9,25H2,1-3H3,(H2,24,29)/t18-,22+/m1/s1. The summed E-state index contributed by atoms with van der Waals surface area (Å²) in [6, 6.07) is 8.27. The molecule has 2 heterocycles. The summed E-state index contributed by atoms with van der Waals surface area (Å²) in [4.78, 5) is 12.1. The van der Waals surface area contributed by atoms with E-state index < -0.39 is 5.91 Å². The van der Waals surface area contributed by atoms with Crippen molar-refractivity contribution in [3.63, 3.8) is 0 Å². The van der Waals surface area contributed by atoms with Gasteiger partial charge in [-0.3, -0.25) is 4.79 Å². The van der Waals surface area contributed by atoms with Gasteiger partial charge in [-0.1, -0.05) is 26.0 Å². The minimum Gasteiger partial charge on any atom is -0.379 e. The maximum atomic E-state index is 13.3. The topological polar surface area (TPSA) is 98.4 Å². The summed E-state index contributed by atoms with van der Waals surface area (Å²) in [5.74, 6) is -0.833. The van der Waals surface area contributed by atoms with Crippen LogP contribution in [-0.4, -0.2) is 27.1 Å². The van der Waals surface area contributed by atoms with Gasteiger partial charge in [0, 0.05) is 28.8 Å². The van der Waals surface area contributed by atoms with Gasteiger partial charge in [-0.15, -0.1) is 0 Å². The summed E-state index contributed by atoms with van der Waals surface area (Å²) in [6.07, 6.45) is 5.10. The number of nitrogens with two attached hydrogens (primary N) is 2. The number of rotatable bonds is 4. The summed E-state index contributed by atoms with van der Waals surface area (Å²) in [5, 5.41) is 7.90. The molecule has 2 aromatic heterocycles. The minimum atomic E-state index is -0.543. The van der Waals surface area contributed by atoms with Gasteiger partial charge in [-0.25, -0.2) is 8.91 Å². The number of nitrogens with zero attached hydrogens (tertiary/aromatic N) is 2. The summed E-state index contributed by atoms with van der Waals surface area (Å²) in [5.41, 5.74) is 15.1. The zero-order valence-corrected chi connectivity index (χ0v) is 16.9. The van der Waals surface area contributed by atoms with E-state index in [0.717, 1.165) is 29.5 Å². The second kappa shape index (κ2) is 6.56. The lowest BCUT2D eigenvalue weighted by atomic mass is 9.75. The number of fused-ring (bicyclic) bond motifs is 1. The number of carbonyl (C=O) groups is 1. The Bertz CT molecular complexity index is 1080. The van der Waals surface area contributed by atoms with Gasteiger partial charge in [-0.2, -0.15) is 5.10 Å². The molecule has 6 nitrogen and oxygen atoms in total. The Morgan fingerprint density at radius 2 is 1.93 bits per heavy atom. The molecule has 3 aromatic rings. The van der Waals surface area contributed by atoms with Crippen LogP contribution in [0.25, 0.3) is 16.6 Å². The molecule has 2 atom stereocenters. The van der Waals surface area contributed by atoms with Crippen molar-refractivity contribution in [2.75, 3.05) is 5.32 Å². The lowest BCUT2D eigenvalue weighted by molar-refractivity contribution is 0.100. The van der Waals surface area contributed by atoms with E-state index in [1.165, 1.54) is 18.3 Å². The first-order chi connectivity index (χ1) is 13.6. The molecule has 4 rings (SSSR count). The van der Waals surface area contributed by atoms with E-state index in [0.29, 0.717) is 11.3 Å². The highest BCUT2D eigenvalue weighted by atomic mass is 19.1. The third-order valence-electron chi connectivity index (χ3n) is 6.69. The van der Waals surface area contributed by atoms with E-state index in [4.69, 9.17) is 11.5 Å². The van der Waals surface area contributed by atoms with Crippen molar-refractivity contribution in [1.29, 1.82) is 0 Å². The Kier molecular flexibility index (Phi) is 4.38. The molecule has 7 heteroatoms. The van der Waals surface area contributed by atoms with Gasteiger partial charge in [0.2, 0.25) is 0 Å². The molecule has 1 aliphatic carbocycles. The monoisotopic (exact) mass is 395 g/mol. The van der Waals surface area contributed by atoms with Gasteiger partial charge >= 0.3 is 0 Å². The van der Waals surface area contributed by atoms with Crippen LogP contribution in [0.2, 0.25) is 0 Å². The van der Waals surface area contributed by atoms with Crippen LogP contribution in [0.3, 0.4) is 0 Å². The molecule has 0 unspecified atom stereocenters. The summed E-state index contributed by atoms with van der Waals surface area (Å²) < 4.78 is 15.0. The lowest BCUT2D eigenvalue weighted by Gasteiger charge is -2.39. The zero-order valence-electron chi connectivity index (χ0n) is 16.9. The maximum absolute atomic E-state index is 13.3. The van der Waals surface area contributed by atoms with Gasteiger partial charge in [0.15, 0.2) is 0 Å². The van der Waals surface area contributed by atoms with E-state index in [1.54, 1.807) is 16.6 Å². The Morgan fingerprint density at radius 1 is 1.24 bits per heavy atom. The van der Waals surface area contributed by atoms with E-state index in [1.807, 2.05) is 12.3 Å². The molecule has 0 saturated heterocycles. The molecule has 1 aromatic carbocycles. The van der Waals surface area contributed by atoms with Crippen LogP contribution in [0.5, 0.6) is 0 Å². The number of hydrogen-bond acceptors (Lipinski definition) is 4. The number of amides is 1. The second-order valence-corrected chi connectivity index (χ2v) is 8.74. The Labute approximate surface area is 169 Å². The predicted octanol–water partition coefficient (Wildman–Crippen LogP) is 3.56.